The van der Waals surface area contributed by atoms with E-state index in [1.165, 1.54) is 0 Å². The molecule has 1 fully saturated rings. The van der Waals surface area contributed by atoms with Crippen LogP contribution in [0.3, 0.4) is 0 Å². The van der Waals surface area contributed by atoms with Crippen molar-refractivity contribution < 1.29 is 20.4 Å². The van der Waals surface area contributed by atoms with Gasteiger partial charge in [-0.25, -0.2) is 4.68 Å². The zero-order valence-corrected chi connectivity index (χ0v) is 17.3. The average Bonchev–Trinajstić information content (AvgIpc) is 3.26. The zero-order chi connectivity index (χ0) is 21.5. The molecule has 2 heterocycles. The summed E-state index contributed by atoms with van der Waals surface area (Å²) in [6.45, 7) is 3.61. The van der Waals surface area contributed by atoms with Gasteiger partial charge in [-0.15, -0.1) is 5.10 Å². The van der Waals surface area contributed by atoms with Gasteiger partial charge in [0.25, 0.3) is 0 Å². The van der Waals surface area contributed by atoms with Gasteiger partial charge in [0.05, 0.1) is 24.4 Å². The van der Waals surface area contributed by atoms with Crippen molar-refractivity contribution in [3.8, 4) is 5.69 Å². The Kier molecular flexibility index (Phi) is 8.11. The number of likely N-dealkylation sites (tertiary alicyclic amines) is 1. The van der Waals surface area contributed by atoms with Crippen LogP contribution in [0.25, 0.3) is 5.69 Å². The van der Waals surface area contributed by atoms with E-state index in [0.29, 0.717) is 6.54 Å². The van der Waals surface area contributed by atoms with Crippen molar-refractivity contribution >= 4 is 5.69 Å². The minimum Gasteiger partial charge on any atom is -0.395 e. The summed E-state index contributed by atoms with van der Waals surface area (Å²) in [5.41, 5.74) is 3.10. The summed E-state index contributed by atoms with van der Waals surface area (Å²) in [6, 6.07) is 5.56. The first kappa shape index (κ1) is 22.6. The molecule has 0 radical (unpaired) electrons. The molecule has 3 rings (SSSR count). The van der Waals surface area contributed by atoms with Crippen LogP contribution in [0.4, 0.5) is 5.69 Å². The van der Waals surface area contributed by atoms with Gasteiger partial charge in [0.2, 0.25) is 0 Å². The first-order valence-corrected chi connectivity index (χ1v) is 10.5. The Morgan fingerprint density at radius 2 is 1.90 bits per heavy atom. The van der Waals surface area contributed by atoms with Gasteiger partial charge in [-0.2, -0.15) is 0 Å². The van der Waals surface area contributed by atoms with Gasteiger partial charge in [0.1, 0.15) is 18.5 Å². The summed E-state index contributed by atoms with van der Waals surface area (Å²) >= 11 is 0. The number of nitrogens with zero attached hydrogens (tertiary/aromatic N) is 5. The normalized spacial score (nSPS) is 24.8. The lowest BCUT2D eigenvalue weighted by atomic mass is 9.94. The van der Waals surface area contributed by atoms with E-state index in [9.17, 15) is 20.4 Å². The molecule has 1 aromatic heterocycles. The van der Waals surface area contributed by atoms with Crippen molar-refractivity contribution in [2.75, 3.05) is 31.6 Å². The second-order valence-corrected chi connectivity index (χ2v) is 7.89. The molecule has 10 nitrogen and oxygen atoms in total. The second-order valence-electron chi connectivity index (χ2n) is 7.89. The molecule has 1 aromatic carbocycles. The summed E-state index contributed by atoms with van der Waals surface area (Å²) in [6.07, 6.45) is 2.28. The third-order valence-corrected chi connectivity index (χ3v) is 5.71. The molecule has 0 saturated carbocycles. The van der Waals surface area contributed by atoms with E-state index in [1.54, 1.807) is 11.0 Å². The number of hydrogen-bond donors (Lipinski definition) is 5. The topological polar surface area (TPSA) is 140 Å². The van der Waals surface area contributed by atoms with Crippen LogP contribution in [0.1, 0.15) is 31.2 Å². The highest BCUT2D eigenvalue weighted by atomic mass is 16.4. The highest BCUT2D eigenvalue weighted by Crippen LogP contribution is 2.20. The van der Waals surface area contributed by atoms with Crippen molar-refractivity contribution in [2.45, 2.75) is 57.0 Å². The van der Waals surface area contributed by atoms with Crippen LogP contribution in [-0.4, -0.2) is 96.1 Å². The number of aromatic nitrogens is 4. The Labute approximate surface area is 176 Å². The van der Waals surface area contributed by atoms with E-state index in [-0.39, 0.29) is 13.2 Å². The molecule has 166 valence electrons. The maximum atomic E-state index is 10.0. The number of hydrogen-bond acceptors (Lipinski definition) is 9. The molecule has 0 bridgehead atoms. The van der Waals surface area contributed by atoms with E-state index < -0.39 is 24.4 Å². The molecule has 4 atom stereocenters. The third kappa shape index (κ3) is 5.52. The Bertz CT molecular complexity index is 775. The van der Waals surface area contributed by atoms with Gasteiger partial charge in [-0.05, 0) is 60.5 Å². The van der Waals surface area contributed by atoms with Crippen LogP contribution in [0.15, 0.2) is 24.5 Å². The summed E-state index contributed by atoms with van der Waals surface area (Å²) < 4.78 is 1.64. The fourth-order valence-electron chi connectivity index (χ4n) is 3.96. The molecule has 0 aliphatic carbocycles. The SMILES string of the molecule is Cc1cc(NCCCCCCN2C[C@H](O)[C@@H](O)[C@H](O)[C@H]2CO)ccc1-n1cnnn1. The van der Waals surface area contributed by atoms with Crippen LogP contribution < -0.4 is 5.32 Å². The highest BCUT2D eigenvalue weighted by molar-refractivity contribution is 5.53. The number of unbranched alkanes of at least 4 members (excludes halogenated alkanes) is 3. The Hall–Kier alpha value is -2.11. The summed E-state index contributed by atoms with van der Waals surface area (Å²) in [4.78, 5) is 1.87. The van der Waals surface area contributed by atoms with E-state index >= 15 is 0 Å². The van der Waals surface area contributed by atoms with Gasteiger partial charge >= 0.3 is 0 Å². The highest BCUT2D eigenvalue weighted by Gasteiger charge is 2.40. The molecule has 0 unspecified atom stereocenters. The van der Waals surface area contributed by atoms with Gasteiger partial charge in [0.15, 0.2) is 0 Å². The summed E-state index contributed by atoms with van der Waals surface area (Å²) in [5.74, 6) is 0. The predicted molar refractivity (Wildman–Crippen MR) is 111 cm³/mol. The van der Waals surface area contributed by atoms with E-state index in [2.05, 4.69) is 26.9 Å². The number of aliphatic hydroxyl groups excluding tert-OH is 4. The van der Waals surface area contributed by atoms with E-state index in [4.69, 9.17) is 0 Å². The Morgan fingerprint density at radius 3 is 2.60 bits per heavy atom. The van der Waals surface area contributed by atoms with Gasteiger partial charge < -0.3 is 25.7 Å². The lowest BCUT2D eigenvalue weighted by Gasteiger charge is -2.43. The molecule has 1 aliphatic heterocycles. The van der Waals surface area contributed by atoms with Crippen LogP contribution in [0.5, 0.6) is 0 Å². The number of rotatable bonds is 10. The molecule has 5 N–H and O–H groups in total. The molecule has 30 heavy (non-hydrogen) atoms. The quantitative estimate of drug-likeness (QED) is 0.328. The maximum Gasteiger partial charge on any atom is 0.143 e. The number of benzene rings is 1. The minimum atomic E-state index is -1.20. The van der Waals surface area contributed by atoms with Crippen molar-refractivity contribution in [3.05, 3.63) is 30.1 Å². The number of aryl methyl sites for hydroxylation is 1. The molecule has 0 spiro atoms. The zero-order valence-electron chi connectivity index (χ0n) is 17.3. The van der Waals surface area contributed by atoms with E-state index in [1.807, 2.05) is 24.0 Å². The molecular weight excluding hydrogens is 388 g/mol. The van der Waals surface area contributed by atoms with Gasteiger partial charge in [-0.3, -0.25) is 4.90 Å². The predicted octanol–water partition coefficient (Wildman–Crippen LogP) is -0.298. The number of anilines is 1. The van der Waals surface area contributed by atoms with Crippen LogP contribution >= 0.6 is 0 Å². The number of piperidine rings is 1. The molecule has 10 heteroatoms. The monoisotopic (exact) mass is 420 g/mol. The van der Waals surface area contributed by atoms with E-state index in [0.717, 1.165) is 49.2 Å². The third-order valence-electron chi connectivity index (χ3n) is 5.71. The fraction of sp³-hybridized carbons (Fsp3) is 0.650. The number of nitrogens with one attached hydrogen (secondary N) is 1. The number of β-amino-alcohol motifs (C(OH)–C–C–N with tert-alkyl or cyclic N) is 1. The smallest absolute Gasteiger partial charge is 0.143 e. The Morgan fingerprint density at radius 1 is 1.10 bits per heavy atom. The summed E-state index contributed by atoms with van der Waals surface area (Å²) in [5, 5.41) is 53.8. The lowest BCUT2D eigenvalue weighted by molar-refractivity contribution is -0.145. The largest absolute Gasteiger partial charge is 0.395 e. The standard InChI is InChI=1S/C20H32N6O4/c1-14-10-15(6-7-16(14)26-13-22-23-24-26)21-8-4-2-3-5-9-25-11-18(28)20(30)19(29)17(25)12-27/h6-7,10,13,17-21,27-30H,2-5,8-9,11-12H2,1H3/t17-,18+,19-,20-/m1/s1. The second kappa shape index (κ2) is 10.8. The van der Waals surface area contributed by atoms with Crippen molar-refractivity contribution in [3.63, 3.8) is 0 Å². The number of tetrazole rings is 1. The molecule has 1 aliphatic rings. The van der Waals surface area contributed by atoms with Crippen molar-refractivity contribution in [2.24, 2.45) is 0 Å². The lowest BCUT2D eigenvalue weighted by Crippen LogP contribution is -2.62. The van der Waals surface area contributed by atoms with Gasteiger partial charge in [-0.1, -0.05) is 12.8 Å². The molecule has 1 saturated heterocycles. The number of aliphatic hydroxyl groups is 4. The molecular formula is C20H32N6O4. The average molecular weight is 421 g/mol. The minimum absolute atomic E-state index is 0.236. The maximum absolute atomic E-state index is 10.0. The first-order chi connectivity index (χ1) is 14.5. The van der Waals surface area contributed by atoms with Crippen LogP contribution in [0, 0.1) is 6.92 Å². The van der Waals surface area contributed by atoms with Crippen molar-refractivity contribution in [1.82, 2.24) is 25.1 Å². The van der Waals surface area contributed by atoms with Crippen LogP contribution in [0.2, 0.25) is 0 Å². The van der Waals surface area contributed by atoms with Crippen molar-refractivity contribution in [1.29, 1.82) is 0 Å². The molecule has 0 amide bonds. The first-order valence-electron chi connectivity index (χ1n) is 10.5. The summed E-state index contributed by atoms with van der Waals surface area (Å²) in [7, 11) is 0. The Balaban J connectivity index is 1.33. The van der Waals surface area contributed by atoms with Crippen LogP contribution in [-0.2, 0) is 0 Å². The fourth-order valence-corrected chi connectivity index (χ4v) is 3.96. The molecule has 2 aromatic rings. The van der Waals surface area contributed by atoms with Gasteiger partial charge in [0, 0.05) is 18.8 Å².